The molecule has 90 valence electrons. The Morgan fingerprint density at radius 3 is 2.76 bits per heavy atom. The van der Waals surface area contributed by atoms with Crippen molar-refractivity contribution >= 4 is 11.9 Å². The molecule has 2 atom stereocenters. The van der Waals surface area contributed by atoms with E-state index >= 15 is 0 Å². The van der Waals surface area contributed by atoms with Crippen molar-refractivity contribution in [2.45, 2.75) is 18.8 Å². The number of carbonyl (C=O) groups excluding carboxylic acids is 1. The molecule has 0 saturated carbocycles. The summed E-state index contributed by atoms with van der Waals surface area (Å²) in [6.45, 7) is 0. The molecule has 0 heterocycles. The summed E-state index contributed by atoms with van der Waals surface area (Å²) < 4.78 is 4.51. The summed E-state index contributed by atoms with van der Waals surface area (Å²) in [6, 6.07) is 7.91. The second kappa shape index (κ2) is 4.57. The molecule has 0 saturated heterocycles. The largest absolute Gasteiger partial charge is 0.481 e. The van der Waals surface area contributed by atoms with Gasteiger partial charge in [-0.15, -0.1) is 0 Å². The highest BCUT2D eigenvalue weighted by atomic mass is 16.5. The van der Waals surface area contributed by atoms with Crippen LogP contribution in [0, 0.1) is 5.92 Å². The lowest BCUT2D eigenvalue weighted by atomic mass is 9.73. The molecule has 2 rings (SSSR count). The van der Waals surface area contributed by atoms with Crippen molar-refractivity contribution in [3.63, 3.8) is 0 Å². The third kappa shape index (κ3) is 2.16. The number of ether oxygens (including phenoxy) is 1. The molecule has 0 spiro atoms. The third-order valence-electron chi connectivity index (χ3n) is 3.27. The monoisotopic (exact) mass is 234 g/mol. The molecule has 0 radical (unpaired) electrons. The lowest BCUT2D eigenvalue weighted by molar-refractivity contribution is -0.157. The Labute approximate surface area is 99.2 Å². The fraction of sp³-hybridized carbons (Fsp3) is 0.385. The van der Waals surface area contributed by atoms with E-state index < -0.39 is 17.9 Å². The minimum absolute atomic E-state index is 0.159. The average Bonchev–Trinajstić information content (AvgIpc) is 2.29. The van der Waals surface area contributed by atoms with Gasteiger partial charge in [0, 0.05) is 0 Å². The molecule has 1 aromatic rings. The zero-order valence-corrected chi connectivity index (χ0v) is 9.55. The van der Waals surface area contributed by atoms with E-state index in [1.54, 1.807) is 0 Å². The SMILES string of the molecule is COC(=O)C(CC1Cc2ccccc21)C(=O)O. The smallest absolute Gasteiger partial charge is 0.320 e. The number of hydrogen-bond acceptors (Lipinski definition) is 3. The quantitative estimate of drug-likeness (QED) is 0.634. The maximum Gasteiger partial charge on any atom is 0.320 e. The Balaban J connectivity index is 2.07. The Morgan fingerprint density at radius 1 is 1.47 bits per heavy atom. The van der Waals surface area contributed by atoms with Crippen LogP contribution in [0.15, 0.2) is 24.3 Å². The number of benzene rings is 1. The average molecular weight is 234 g/mol. The van der Waals surface area contributed by atoms with Crippen LogP contribution in [0.4, 0.5) is 0 Å². The predicted octanol–water partition coefficient (Wildman–Crippen LogP) is 1.59. The first-order chi connectivity index (χ1) is 8.13. The summed E-state index contributed by atoms with van der Waals surface area (Å²) in [6.07, 6.45) is 1.16. The molecule has 1 aliphatic carbocycles. The maximum atomic E-state index is 11.3. The van der Waals surface area contributed by atoms with Crippen LogP contribution in [-0.4, -0.2) is 24.2 Å². The summed E-state index contributed by atoms with van der Waals surface area (Å²) in [7, 11) is 1.22. The lowest BCUT2D eigenvalue weighted by Gasteiger charge is -2.31. The van der Waals surface area contributed by atoms with Crippen LogP contribution in [0.3, 0.4) is 0 Å². The van der Waals surface area contributed by atoms with Crippen LogP contribution in [0.5, 0.6) is 0 Å². The van der Waals surface area contributed by atoms with Crippen molar-refractivity contribution in [1.82, 2.24) is 0 Å². The topological polar surface area (TPSA) is 63.6 Å². The number of methoxy groups -OCH3 is 1. The van der Waals surface area contributed by atoms with Crippen LogP contribution in [0.25, 0.3) is 0 Å². The van der Waals surface area contributed by atoms with E-state index in [2.05, 4.69) is 4.74 Å². The van der Waals surface area contributed by atoms with E-state index in [1.807, 2.05) is 24.3 Å². The van der Waals surface area contributed by atoms with Crippen molar-refractivity contribution in [3.05, 3.63) is 35.4 Å². The second-order valence-corrected chi connectivity index (χ2v) is 4.25. The minimum atomic E-state index is -1.11. The number of carboxylic acid groups (broad SMARTS) is 1. The number of esters is 1. The van der Waals surface area contributed by atoms with Gasteiger partial charge in [-0.05, 0) is 29.9 Å². The van der Waals surface area contributed by atoms with Crippen LogP contribution in [0.1, 0.15) is 23.5 Å². The predicted molar refractivity (Wildman–Crippen MR) is 60.6 cm³/mol. The molecule has 0 aliphatic heterocycles. The standard InChI is InChI=1S/C13H14O4/c1-17-13(16)11(12(14)15)7-9-6-8-4-2-3-5-10(8)9/h2-5,9,11H,6-7H2,1H3,(H,14,15). The zero-order chi connectivity index (χ0) is 12.4. The van der Waals surface area contributed by atoms with Crippen molar-refractivity contribution in [2.75, 3.05) is 7.11 Å². The molecule has 0 aromatic heterocycles. The van der Waals surface area contributed by atoms with Gasteiger partial charge in [0.2, 0.25) is 0 Å². The van der Waals surface area contributed by atoms with Crippen molar-refractivity contribution in [3.8, 4) is 0 Å². The molecule has 0 amide bonds. The molecule has 0 fully saturated rings. The molecule has 1 N–H and O–H groups in total. The molecule has 4 nitrogen and oxygen atoms in total. The summed E-state index contributed by atoms with van der Waals surface area (Å²) in [4.78, 5) is 22.3. The first-order valence-electron chi connectivity index (χ1n) is 5.52. The van der Waals surface area contributed by atoms with Gasteiger partial charge in [0.1, 0.15) is 0 Å². The van der Waals surface area contributed by atoms with Gasteiger partial charge in [-0.1, -0.05) is 24.3 Å². The summed E-state index contributed by atoms with van der Waals surface area (Å²) in [5.74, 6) is -2.67. The minimum Gasteiger partial charge on any atom is -0.481 e. The van der Waals surface area contributed by atoms with Crippen LogP contribution >= 0.6 is 0 Å². The highest BCUT2D eigenvalue weighted by molar-refractivity contribution is 5.93. The molecule has 2 unspecified atom stereocenters. The van der Waals surface area contributed by atoms with Crippen LogP contribution < -0.4 is 0 Å². The van der Waals surface area contributed by atoms with Gasteiger partial charge in [0.25, 0.3) is 0 Å². The van der Waals surface area contributed by atoms with E-state index in [0.717, 1.165) is 12.0 Å². The van der Waals surface area contributed by atoms with Crippen molar-refractivity contribution in [1.29, 1.82) is 0 Å². The highest BCUT2D eigenvalue weighted by Crippen LogP contribution is 2.39. The lowest BCUT2D eigenvalue weighted by Crippen LogP contribution is -2.30. The number of rotatable bonds is 4. The fourth-order valence-corrected chi connectivity index (χ4v) is 2.30. The third-order valence-corrected chi connectivity index (χ3v) is 3.27. The number of hydrogen-bond donors (Lipinski definition) is 1. The number of carbonyl (C=O) groups is 2. The highest BCUT2D eigenvalue weighted by Gasteiger charge is 2.35. The van der Waals surface area contributed by atoms with Crippen molar-refractivity contribution < 1.29 is 19.4 Å². The number of fused-ring (bicyclic) bond motifs is 1. The van der Waals surface area contributed by atoms with Gasteiger partial charge >= 0.3 is 11.9 Å². The Hall–Kier alpha value is -1.84. The first-order valence-corrected chi connectivity index (χ1v) is 5.52. The van der Waals surface area contributed by atoms with E-state index in [-0.39, 0.29) is 5.92 Å². The van der Waals surface area contributed by atoms with Gasteiger partial charge in [0.05, 0.1) is 7.11 Å². The Kier molecular flexibility index (Phi) is 3.13. The maximum absolute atomic E-state index is 11.3. The summed E-state index contributed by atoms with van der Waals surface area (Å²) >= 11 is 0. The van der Waals surface area contributed by atoms with Gasteiger partial charge in [0.15, 0.2) is 5.92 Å². The molecule has 4 heteroatoms. The molecule has 1 aromatic carbocycles. The van der Waals surface area contributed by atoms with Crippen LogP contribution in [-0.2, 0) is 20.7 Å². The Morgan fingerprint density at radius 2 is 2.18 bits per heavy atom. The van der Waals surface area contributed by atoms with Crippen molar-refractivity contribution in [2.24, 2.45) is 5.92 Å². The number of aliphatic carboxylic acids is 1. The van der Waals surface area contributed by atoms with E-state index in [1.165, 1.54) is 12.7 Å². The van der Waals surface area contributed by atoms with Gasteiger partial charge in [-0.3, -0.25) is 9.59 Å². The second-order valence-electron chi connectivity index (χ2n) is 4.25. The summed E-state index contributed by atoms with van der Waals surface area (Å²) in [5.41, 5.74) is 2.40. The zero-order valence-electron chi connectivity index (χ0n) is 9.55. The number of carboxylic acids is 1. The van der Waals surface area contributed by atoms with E-state index in [4.69, 9.17) is 5.11 Å². The van der Waals surface area contributed by atoms with E-state index in [0.29, 0.717) is 6.42 Å². The van der Waals surface area contributed by atoms with Gasteiger partial charge in [-0.2, -0.15) is 0 Å². The molecular formula is C13H14O4. The Bertz CT molecular complexity index is 452. The first kappa shape index (κ1) is 11.6. The fourth-order valence-electron chi connectivity index (χ4n) is 2.30. The normalized spacial score (nSPS) is 18.8. The molecule has 17 heavy (non-hydrogen) atoms. The van der Waals surface area contributed by atoms with Crippen LogP contribution in [0.2, 0.25) is 0 Å². The van der Waals surface area contributed by atoms with E-state index in [9.17, 15) is 9.59 Å². The van der Waals surface area contributed by atoms with Gasteiger partial charge in [-0.25, -0.2) is 0 Å². The van der Waals surface area contributed by atoms with Gasteiger partial charge < -0.3 is 9.84 Å². The molecular weight excluding hydrogens is 220 g/mol. The molecule has 0 bridgehead atoms. The molecule has 1 aliphatic rings. The summed E-state index contributed by atoms with van der Waals surface area (Å²) in [5, 5.41) is 8.99.